The van der Waals surface area contributed by atoms with Crippen LogP contribution in [0.3, 0.4) is 0 Å². The van der Waals surface area contributed by atoms with E-state index >= 15 is 0 Å². The second-order valence-corrected chi connectivity index (χ2v) is 6.29. The monoisotopic (exact) mass is 376 g/mol. The maximum atomic E-state index is 12.1. The molecule has 0 amide bonds. The van der Waals surface area contributed by atoms with Gasteiger partial charge in [0, 0.05) is 13.2 Å². The highest BCUT2D eigenvalue weighted by Crippen LogP contribution is 2.34. The molecule has 1 heterocycles. The third-order valence-electron chi connectivity index (χ3n) is 3.86. The number of carbonyl (C=O) groups excluding carboxylic acids is 1. The van der Waals surface area contributed by atoms with Gasteiger partial charge in [0.05, 0.1) is 25.6 Å². The van der Waals surface area contributed by atoms with E-state index in [0.717, 1.165) is 6.07 Å². The predicted molar refractivity (Wildman–Crippen MR) is 98.0 cm³/mol. The number of esters is 1. The zero-order valence-electron chi connectivity index (χ0n) is 15.9. The SMILES string of the molecule is COCc1cc(=O)c(O)c([C@@H](CC(=O)OC)c2ccc(OC(C)C)cc2)o1. The third kappa shape index (κ3) is 5.34. The van der Waals surface area contributed by atoms with E-state index in [0.29, 0.717) is 11.3 Å². The average Bonchev–Trinajstić information content (AvgIpc) is 2.63. The van der Waals surface area contributed by atoms with Crippen molar-refractivity contribution in [1.82, 2.24) is 0 Å². The minimum absolute atomic E-state index is 0.00234. The Labute approximate surface area is 157 Å². The standard InChI is InChI=1S/C20H24O7/c1-12(2)26-14-7-5-13(6-8-14)16(10-18(22)25-4)20-19(23)17(21)9-15(27-20)11-24-3/h5-9,12,16,23H,10-11H2,1-4H3/t16-/m0/s1. The lowest BCUT2D eigenvalue weighted by molar-refractivity contribution is -0.140. The highest BCUT2D eigenvalue weighted by molar-refractivity contribution is 5.71. The zero-order valence-corrected chi connectivity index (χ0v) is 15.9. The van der Waals surface area contributed by atoms with Crippen LogP contribution in [0.4, 0.5) is 0 Å². The van der Waals surface area contributed by atoms with E-state index in [1.165, 1.54) is 14.2 Å². The Kier molecular flexibility index (Phi) is 7.01. The summed E-state index contributed by atoms with van der Waals surface area (Å²) in [5.41, 5.74) is 0.0717. The van der Waals surface area contributed by atoms with Gasteiger partial charge < -0.3 is 23.7 Å². The van der Waals surface area contributed by atoms with E-state index in [1.807, 2.05) is 13.8 Å². The first kappa shape index (κ1) is 20.5. The Bertz CT molecular complexity index is 821. The van der Waals surface area contributed by atoms with Crippen LogP contribution in [0.5, 0.6) is 11.5 Å². The van der Waals surface area contributed by atoms with Crippen LogP contribution in [0.25, 0.3) is 0 Å². The molecule has 0 bridgehead atoms. The first-order chi connectivity index (χ1) is 12.8. The van der Waals surface area contributed by atoms with Gasteiger partial charge in [-0.25, -0.2) is 0 Å². The van der Waals surface area contributed by atoms with Crippen molar-refractivity contribution in [2.45, 2.75) is 38.9 Å². The first-order valence-electron chi connectivity index (χ1n) is 8.54. The van der Waals surface area contributed by atoms with Crippen LogP contribution in [0, 0.1) is 0 Å². The second-order valence-electron chi connectivity index (χ2n) is 6.29. The van der Waals surface area contributed by atoms with Crippen molar-refractivity contribution in [2.24, 2.45) is 0 Å². The number of ether oxygens (including phenoxy) is 3. The van der Waals surface area contributed by atoms with Gasteiger partial charge in [0.1, 0.15) is 18.1 Å². The number of hydrogen-bond acceptors (Lipinski definition) is 7. The minimum Gasteiger partial charge on any atom is -0.502 e. The summed E-state index contributed by atoms with van der Waals surface area (Å²) in [4.78, 5) is 24.0. The van der Waals surface area contributed by atoms with Gasteiger partial charge in [0.2, 0.25) is 11.2 Å². The van der Waals surface area contributed by atoms with Crippen molar-refractivity contribution < 1.29 is 28.5 Å². The molecule has 0 saturated carbocycles. The molecule has 7 heteroatoms. The van der Waals surface area contributed by atoms with Crippen LogP contribution >= 0.6 is 0 Å². The van der Waals surface area contributed by atoms with E-state index in [9.17, 15) is 14.7 Å². The fourth-order valence-corrected chi connectivity index (χ4v) is 2.67. The maximum absolute atomic E-state index is 12.1. The molecular weight excluding hydrogens is 352 g/mol. The first-order valence-corrected chi connectivity index (χ1v) is 8.54. The van der Waals surface area contributed by atoms with Crippen LogP contribution < -0.4 is 10.2 Å². The van der Waals surface area contributed by atoms with E-state index in [1.54, 1.807) is 24.3 Å². The lowest BCUT2D eigenvalue weighted by Gasteiger charge is -2.18. The van der Waals surface area contributed by atoms with Gasteiger partial charge in [0.15, 0.2) is 5.76 Å². The number of benzene rings is 1. The van der Waals surface area contributed by atoms with E-state index in [-0.39, 0.29) is 30.7 Å². The summed E-state index contributed by atoms with van der Waals surface area (Å²) in [7, 11) is 2.74. The van der Waals surface area contributed by atoms with Crippen molar-refractivity contribution in [3.05, 3.63) is 57.6 Å². The molecule has 7 nitrogen and oxygen atoms in total. The van der Waals surface area contributed by atoms with Gasteiger partial charge in [0.25, 0.3) is 0 Å². The topological polar surface area (TPSA) is 95.2 Å². The summed E-state index contributed by atoms with van der Waals surface area (Å²) in [6.45, 7) is 3.90. The Balaban J connectivity index is 2.49. The normalized spacial score (nSPS) is 12.0. The molecule has 0 unspecified atom stereocenters. The van der Waals surface area contributed by atoms with Crippen molar-refractivity contribution in [1.29, 1.82) is 0 Å². The Morgan fingerprint density at radius 1 is 1.19 bits per heavy atom. The summed E-state index contributed by atoms with van der Waals surface area (Å²) >= 11 is 0. The van der Waals surface area contributed by atoms with E-state index in [4.69, 9.17) is 18.6 Å². The quantitative estimate of drug-likeness (QED) is 0.708. The van der Waals surface area contributed by atoms with Crippen molar-refractivity contribution in [2.75, 3.05) is 14.2 Å². The van der Waals surface area contributed by atoms with Gasteiger partial charge in [-0.05, 0) is 31.5 Å². The number of rotatable bonds is 8. The fraction of sp³-hybridized carbons (Fsp3) is 0.400. The molecule has 2 aromatic rings. The minimum atomic E-state index is -0.699. The molecule has 0 radical (unpaired) electrons. The fourth-order valence-electron chi connectivity index (χ4n) is 2.67. The van der Waals surface area contributed by atoms with Crippen LogP contribution in [0.15, 0.2) is 39.5 Å². The molecule has 1 atom stereocenters. The van der Waals surface area contributed by atoms with Gasteiger partial charge in [-0.3, -0.25) is 9.59 Å². The molecule has 27 heavy (non-hydrogen) atoms. The number of hydrogen-bond donors (Lipinski definition) is 1. The summed E-state index contributed by atoms with van der Waals surface area (Å²) < 4.78 is 21.0. The summed E-state index contributed by atoms with van der Waals surface area (Å²) in [5.74, 6) is -0.810. The van der Waals surface area contributed by atoms with Crippen molar-refractivity contribution in [3.63, 3.8) is 0 Å². The number of methoxy groups -OCH3 is 2. The summed E-state index contributed by atoms with van der Waals surface area (Å²) in [5, 5.41) is 10.3. The molecule has 0 fully saturated rings. The van der Waals surface area contributed by atoms with E-state index < -0.39 is 23.1 Å². The molecule has 146 valence electrons. The highest BCUT2D eigenvalue weighted by Gasteiger charge is 2.26. The average molecular weight is 376 g/mol. The zero-order chi connectivity index (χ0) is 20.0. The molecule has 1 N–H and O–H groups in total. The molecule has 2 rings (SSSR count). The maximum Gasteiger partial charge on any atom is 0.306 e. The molecule has 1 aromatic carbocycles. The largest absolute Gasteiger partial charge is 0.502 e. The third-order valence-corrected chi connectivity index (χ3v) is 3.86. The number of carbonyl (C=O) groups is 1. The van der Waals surface area contributed by atoms with Gasteiger partial charge in [-0.1, -0.05) is 12.1 Å². The Hall–Kier alpha value is -2.80. The summed E-state index contributed by atoms with van der Waals surface area (Å²) in [6.07, 6.45) is -0.0807. The predicted octanol–water partition coefficient (Wildman–Crippen LogP) is 2.97. The Morgan fingerprint density at radius 3 is 2.41 bits per heavy atom. The van der Waals surface area contributed by atoms with Crippen LogP contribution in [0.1, 0.15) is 43.3 Å². The van der Waals surface area contributed by atoms with Crippen molar-refractivity contribution in [3.8, 4) is 11.5 Å². The van der Waals surface area contributed by atoms with Crippen LogP contribution in [-0.4, -0.2) is 31.4 Å². The molecule has 0 spiro atoms. The van der Waals surface area contributed by atoms with Crippen molar-refractivity contribution >= 4 is 5.97 Å². The lowest BCUT2D eigenvalue weighted by atomic mass is 9.92. The van der Waals surface area contributed by atoms with Gasteiger partial charge >= 0.3 is 5.97 Å². The molecule has 0 saturated heterocycles. The second kappa shape index (κ2) is 9.23. The van der Waals surface area contributed by atoms with Gasteiger partial charge in [-0.15, -0.1) is 0 Å². The lowest BCUT2D eigenvalue weighted by Crippen LogP contribution is -2.14. The molecule has 1 aromatic heterocycles. The Morgan fingerprint density at radius 2 is 1.85 bits per heavy atom. The molecule has 0 aliphatic carbocycles. The number of aromatic hydroxyl groups is 1. The molecule has 0 aliphatic rings. The highest BCUT2D eigenvalue weighted by atomic mass is 16.5. The van der Waals surface area contributed by atoms with E-state index in [2.05, 4.69) is 0 Å². The molecular formula is C20H24O7. The van der Waals surface area contributed by atoms with Crippen LogP contribution in [0.2, 0.25) is 0 Å². The molecule has 0 aliphatic heterocycles. The van der Waals surface area contributed by atoms with Crippen LogP contribution in [-0.2, 0) is 20.9 Å². The van der Waals surface area contributed by atoms with Gasteiger partial charge in [-0.2, -0.15) is 0 Å². The smallest absolute Gasteiger partial charge is 0.306 e. The summed E-state index contributed by atoms with van der Waals surface area (Å²) in [6, 6.07) is 8.19.